The van der Waals surface area contributed by atoms with Gasteiger partial charge in [-0.1, -0.05) is 0 Å². The van der Waals surface area contributed by atoms with Crippen LogP contribution in [0.25, 0.3) is 0 Å². The molecular formula is C12H20N2O4S. The summed E-state index contributed by atoms with van der Waals surface area (Å²) < 4.78 is 5.52. The standard InChI is InChI=1S/C12H20N2O4S/c1-7(10-4-3-5-18-10)13-12(17)14-8(2)19-6-9(14)11(15)16/h7-10H,3-6H2,1-2H3,(H,13,17)(H,15,16). The van der Waals surface area contributed by atoms with E-state index in [0.29, 0.717) is 5.75 Å². The first-order valence-electron chi connectivity index (χ1n) is 6.55. The number of carboxylic acids is 1. The molecule has 2 N–H and O–H groups in total. The number of nitrogens with zero attached hydrogens (tertiary/aromatic N) is 1. The number of ether oxygens (including phenoxy) is 1. The molecule has 19 heavy (non-hydrogen) atoms. The van der Waals surface area contributed by atoms with Crippen molar-refractivity contribution in [1.29, 1.82) is 0 Å². The molecule has 108 valence electrons. The molecule has 0 radical (unpaired) electrons. The van der Waals surface area contributed by atoms with Gasteiger partial charge in [0.15, 0.2) is 0 Å². The highest BCUT2D eigenvalue weighted by atomic mass is 32.2. The van der Waals surface area contributed by atoms with Crippen molar-refractivity contribution in [3.05, 3.63) is 0 Å². The van der Waals surface area contributed by atoms with Crippen molar-refractivity contribution in [2.24, 2.45) is 0 Å². The predicted molar refractivity (Wildman–Crippen MR) is 72.2 cm³/mol. The summed E-state index contributed by atoms with van der Waals surface area (Å²) in [6, 6.07) is -1.15. The number of hydrogen-bond acceptors (Lipinski definition) is 4. The fourth-order valence-electron chi connectivity index (χ4n) is 2.50. The number of carbonyl (C=O) groups excluding carboxylic acids is 1. The van der Waals surface area contributed by atoms with E-state index >= 15 is 0 Å². The molecule has 0 aromatic carbocycles. The number of thioether (sulfide) groups is 1. The zero-order valence-electron chi connectivity index (χ0n) is 11.2. The van der Waals surface area contributed by atoms with Crippen molar-refractivity contribution in [1.82, 2.24) is 10.2 Å². The number of carboxylic acid groups (broad SMARTS) is 1. The summed E-state index contributed by atoms with van der Waals surface area (Å²) >= 11 is 1.48. The monoisotopic (exact) mass is 288 g/mol. The lowest BCUT2D eigenvalue weighted by Gasteiger charge is -2.28. The Labute approximate surface area is 116 Å². The molecule has 2 rings (SSSR count). The molecule has 0 spiro atoms. The van der Waals surface area contributed by atoms with E-state index < -0.39 is 12.0 Å². The lowest BCUT2D eigenvalue weighted by molar-refractivity contribution is -0.141. The number of nitrogens with one attached hydrogen (secondary N) is 1. The summed E-state index contributed by atoms with van der Waals surface area (Å²) in [5.41, 5.74) is 0. The van der Waals surface area contributed by atoms with Gasteiger partial charge >= 0.3 is 12.0 Å². The van der Waals surface area contributed by atoms with Crippen LogP contribution in [-0.4, -0.2) is 57.9 Å². The van der Waals surface area contributed by atoms with Crippen LogP contribution in [0, 0.1) is 0 Å². The van der Waals surface area contributed by atoms with E-state index in [4.69, 9.17) is 9.84 Å². The Balaban J connectivity index is 1.95. The Morgan fingerprint density at radius 2 is 2.26 bits per heavy atom. The zero-order chi connectivity index (χ0) is 14.0. The minimum atomic E-state index is -0.947. The zero-order valence-corrected chi connectivity index (χ0v) is 12.0. The minimum Gasteiger partial charge on any atom is -0.480 e. The van der Waals surface area contributed by atoms with Gasteiger partial charge in [-0.25, -0.2) is 9.59 Å². The van der Waals surface area contributed by atoms with Crippen molar-refractivity contribution in [2.45, 2.75) is 50.3 Å². The largest absolute Gasteiger partial charge is 0.480 e. The lowest BCUT2D eigenvalue weighted by Crippen LogP contribution is -2.53. The first kappa shape index (κ1) is 14.5. The fraction of sp³-hybridized carbons (Fsp3) is 0.833. The van der Waals surface area contributed by atoms with Gasteiger partial charge in [-0.15, -0.1) is 11.8 Å². The molecule has 0 aliphatic carbocycles. The summed E-state index contributed by atoms with van der Waals surface area (Å²) in [5, 5.41) is 11.9. The molecule has 0 aromatic heterocycles. The highest BCUT2D eigenvalue weighted by Crippen LogP contribution is 2.29. The average molecular weight is 288 g/mol. The van der Waals surface area contributed by atoms with Gasteiger partial charge in [0.1, 0.15) is 6.04 Å². The van der Waals surface area contributed by atoms with E-state index in [9.17, 15) is 9.59 Å². The fourth-order valence-corrected chi connectivity index (χ4v) is 3.67. The molecule has 2 fully saturated rings. The molecule has 0 saturated carbocycles. The smallest absolute Gasteiger partial charge is 0.327 e. The molecule has 4 unspecified atom stereocenters. The van der Waals surface area contributed by atoms with Crippen molar-refractivity contribution in [3.63, 3.8) is 0 Å². The molecule has 0 bridgehead atoms. The third kappa shape index (κ3) is 3.14. The van der Waals surface area contributed by atoms with Crippen LogP contribution in [0.2, 0.25) is 0 Å². The maximum absolute atomic E-state index is 12.2. The quantitative estimate of drug-likeness (QED) is 0.813. The highest BCUT2D eigenvalue weighted by molar-refractivity contribution is 8.00. The van der Waals surface area contributed by atoms with Crippen LogP contribution in [0.15, 0.2) is 0 Å². The van der Waals surface area contributed by atoms with Crippen LogP contribution in [0.3, 0.4) is 0 Å². The molecular weight excluding hydrogens is 268 g/mol. The van der Waals surface area contributed by atoms with Crippen molar-refractivity contribution < 1.29 is 19.4 Å². The third-order valence-electron chi connectivity index (χ3n) is 3.62. The van der Waals surface area contributed by atoms with E-state index in [1.54, 1.807) is 0 Å². The normalized spacial score (nSPS) is 32.3. The van der Waals surface area contributed by atoms with E-state index in [0.717, 1.165) is 19.4 Å². The highest BCUT2D eigenvalue weighted by Gasteiger charge is 2.40. The Hall–Kier alpha value is -0.950. The van der Waals surface area contributed by atoms with Crippen LogP contribution in [0.1, 0.15) is 26.7 Å². The topological polar surface area (TPSA) is 78.9 Å². The van der Waals surface area contributed by atoms with Gasteiger partial charge < -0.3 is 15.2 Å². The van der Waals surface area contributed by atoms with E-state index in [-0.39, 0.29) is 23.6 Å². The summed E-state index contributed by atoms with van der Waals surface area (Å²) in [4.78, 5) is 24.8. The molecule has 2 aliphatic rings. The van der Waals surface area contributed by atoms with Crippen molar-refractivity contribution in [2.75, 3.05) is 12.4 Å². The van der Waals surface area contributed by atoms with Gasteiger partial charge in [0.25, 0.3) is 0 Å². The van der Waals surface area contributed by atoms with Crippen LogP contribution >= 0.6 is 11.8 Å². The number of urea groups is 1. The first-order chi connectivity index (χ1) is 9.00. The number of carbonyl (C=O) groups is 2. The van der Waals surface area contributed by atoms with Crippen molar-refractivity contribution >= 4 is 23.8 Å². The summed E-state index contributed by atoms with van der Waals surface area (Å²) in [7, 11) is 0. The SMILES string of the molecule is CC(NC(=O)N1C(C)SCC1C(=O)O)C1CCCO1. The van der Waals surface area contributed by atoms with Gasteiger partial charge in [-0.2, -0.15) is 0 Å². The average Bonchev–Trinajstić information content (AvgIpc) is 2.96. The van der Waals surface area contributed by atoms with Crippen LogP contribution in [0.5, 0.6) is 0 Å². The Morgan fingerprint density at radius 1 is 1.53 bits per heavy atom. The molecule has 2 heterocycles. The number of hydrogen-bond donors (Lipinski definition) is 2. The second kappa shape index (κ2) is 6.00. The van der Waals surface area contributed by atoms with Gasteiger partial charge in [-0.3, -0.25) is 4.90 Å². The van der Waals surface area contributed by atoms with Crippen LogP contribution < -0.4 is 5.32 Å². The maximum atomic E-state index is 12.2. The van der Waals surface area contributed by atoms with E-state index in [2.05, 4.69) is 5.32 Å². The Bertz CT molecular complexity index is 360. The van der Waals surface area contributed by atoms with E-state index in [1.165, 1.54) is 16.7 Å². The van der Waals surface area contributed by atoms with Gasteiger partial charge in [0, 0.05) is 12.4 Å². The number of rotatable bonds is 3. The summed E-state index contributed by atoms with van der Waals surface area (Å²) in [6.07, 6.45) is 1.99. The molecule has 2 saturated heterocycles. The molecule has 7 heteroatoms. The molecule has 6 nitrogen and oxygen atoms in total. The lowest BCUT2D eigenvalue weighted by atomic mass is 10.1. The van der Waals surface area contributed by atoms with Crippen LogP contribution in [0.4, 0.5) is 4.79 Å². The number of aliphatic carboxylic acids is 1. The van der Waals surface area contributed by atoms with Crippen molar-refractivity contribution in [3.8, 4) is 0 Å². The predicted octanol–water partition coefficient (Wildman–Crippen LogP) is 1.11. The van der Waals surface area contributed by atoms with Gasteiger partial charge in [0.05, 0.1) is 17.5 Å². The Morgan fingerprint density at radius 3 is 2.84 bits per heavy atom. The van der Waals surface area contributed by atoms with Gasteiger partial charge in [0.2, 0.25) is 0 Å². The second-order valence-electron chi connectivity index (χ2n) is 4.98. The molecule has 0 aromatic rings. The minimum absolute atomic E-state index is 0.0396. The third-order valence-corrected chi connectivity index (χ3v) is 4.83. The molecule has 2 amide bonds. The molecule has 2 aliphatic heterocycles. The maximum Gasteiger partial charge on any atom is 0.327 e. The summed E-state index contributed by atoms with van der Waals surface area (Å²) in [5.74, 6) is -0.505. The molecule has 4 atom stereocenters. The summed E-state index contributed by atoms with van der Waals surface area (Å²) in [6.45, 7) is 4.49. The number of amides is 2. The van der Waals surface area contributed by atoms with Crippen LogP contribution in [-0.2, 0) is 9.53 Å². The second-order valence-corrected chi connectivity index (χ2v) is 6.33. The first-order valence-corrected chi connectivity index (χ1v) is 7.60. The van der Waals surface area contributed by atoms with E-state index in [1.807, 2.05) is 13.8 Å². The Kier molecular flexibility index (Phi) is 4.57. The van der Waals surface area contributed by atoms with Gasteiger partial charge in [-0.05, 0) is 26.7 Å².